The first-order valence-corrected chi connectivity index (χ1v) is 5.95. The number of aromatic amines is 1. The third-order valence-corrected chi connectivity index (χ3v) is 2.75. The predicted octanol–water partition coefficient (Wildman–Crippen LogP) is -0.488. The van der Waals surface area contributed by atoms with Crippen molar-refractivity contribution in [3.8, 4) is 0 Å². The number of hydrogen-bond donors (Lipinski definition) is 3. The van der Waals surface area contributed by atoms with Gasteiger partial charge in [0, 0.05) is 0 Å². The van der Waals surface area contributed by atoms with Gasteiger partial charge in [-0.1, -0.05) is 0 Å². The fourth-order valence-corrected chi connectivity index (χ4v) is 1.68. The molecule has 21 heavy (non-hydrogen) atoms. The van der Waals surface area contributed by atoms with Gasteiger partial charge in [0.1, 0.15) is 11.8 Å². The number of nitrogens with one attached hydrogen (secondary N) is 2. The van der Waals surface area contributed by atoms with E-state index in [0.717, 1.165) is 4.57 Å². The molecule has 3 N–H and O–H groups in total. The van der Waals surface area contributed by atoms with E-state index in [1.807, 2.05) is 0 Å². The van der Waals surface area contributed by atoms with Crippen LogP contribution in [0, 0.1) is 5.82 Å². The monoisotopic (exact) mass is 297 g/mol. The molecular weight excluding hydrogens is 285 g/mol. The molecule has 0 bridgehead atoms. The van der Waals surface area contributed by atoms with E-state index in [4.69, 9.17) is 9.52 Å². The highest BCUT2D eigenvalue weighted by Gasteiger charge is 2.19. The van der Waals surface area contributed by atoms with Crippen molar-refractivity contribution in [2.75, 3.05) is 0 Å². The summed E-state index contributed by atoms with van der Waals surface area (Å²) in [4.78, 5) is 35.3. The molecule has 0 aliphatic rings. The molecule has 2 aromatic heterocycles. The summed E-state index contributed by atoms with van der Waals surface area (Å²) >= 11 is 0. The lowest BCUT2D eigenvalue weighted by Crippen LogP contribution is -2.43. The topological polar surface area (TPSA) is 117 Å². The number of H-pyrrole nitrogens is 1. The zero-order chi connectivity index (χ0) is 15.4. The Morgan fingerprint density at radius 2 is 2.29 bits per heavy atom. The van der Waals surface area contributed by atoms with Gasteiger partial charge in [0.05, 0.1) is 25.5 Å². The number of aromatic nitrogens is 2. The molecule has 2 aromatic rings. The van der Waals surface area contributed by atoms with Gasteiger partial charge in [-0.2, -0.15) is 4.39 Å². The van der Waals surface area contributed by atoms with Gasteiger partial charge in [-0.3, -0.25) is 24.5 Å². The highest BCUT2D eigenvalue weighted by molar-refractivity contribution is 5.73. The van der Waals surface area contributed by atoms with E-state index in [2.05, 4.69) is 5.32 Å². The smallest absolute Gasteiger partial charge is 0.328 e. The third-order valence-electron chi connectivity index (χ3n) is 2.75. The van der Waals surface area contributed by atoms with E-state index >= 15 is 0 Å². The fraction of sp³-hybridized carbons (Fsp3) is 0.250. The molecule has 2 rings (SSSR count). The summed E-state index contributed by atoms with van der Waals surface area (Å²) in [7, 11) is 0. The number of furan rings is 1. The Hall–Kier alpha value is -2.68. The van der Waals surface area contributed by atoms with Gasteiger partial charge < -0.3 is 9.52 Å². The molecule has 0 spiro atoms. The first-order chi connectivity index (χ1) is 9.97. The number of aliphatic carboxylic acids is 1. The second-order valence-corrected chi connectivity index (χ2v) is 4.24. The Morgan fingerprint density at radius 3 is 2.90 bits per heavy atom. The number of rotatable bonds is 6. The van der Waals surface area contributed by atoms with Crippen LogP contribution >= 0.6 is 0 Å². The van der Waals surface area contributed by atoms with Crippen LogP contribution in [-0.4, -0.2) is 26.7 Å². The highest BCUT2D eigenvalue weighted by atomic mass is 19.1. The molecule has 112 valence electrons. The quantitative estimate of drug-likeness (QED) is 0.662. The Balaban J connectivity index is 2.13. The van der Waals surface area contributed by atoms with Crippen LogP contribution in [0.1, 0.15) is 5.76 Å². The number of nitrogens with zero attached hydrogens (tertiary/aromatic N) is 1. The molecule has 0 aliphatic heterocycles. The second kappa shape index (κ2) is 6.18. The van der Waals surface area contributed by atoms with Crippen LogP contribution in [0.5, 0.6) is 0 Å². The van der Waals surface area contributed by atoms with Crippen LogP contribution in [-0.2, 0) is 17.9 Å². The maximum Gasteiger partial charge on any atom is 0.328 e. The largest absolute Gasteiger partial charge is 0.480 e. The average Bonchev–Trinajstić information content (AvgIpc) is 2.93. The number of carboxylic acid groups (broad SMARTS) is 1. The van der Waals surface area contributed by atoms with Crippen molar-refractivity contribution in [2.24, 2.45) is 0 Å². The maximum atomic E-state index is 13.1. The molecule has 0 aromatic carbocycles. The minimum Gasteiger partial charge on any atom is -0.480 e. The Kier molecular flexibility index (Phi) is 4.33. The summed E-state index contributed by atoms with van der Waals surface area (Å²) in [6, 6.07) is 2.14. The standard InChI is InChI=1S/C12H12FN3O5/c13-8-5-16(12(20)15-10(8)17)6-9(11(18)19)14-4-7-2-1-3-21-7/h1-3,5,9,14H,4,6H2,(H,18,19)(H,15,17,20)/t9-/m0/s1. The van der Waals surface area contributed by atoms with Crippen LogP contribution in [0.4, 0.5) is 4.39 Å². The molecule has 0 saturated heterocycles. The second-order valence-electron chi connectivity index (χ2n) is 4.24. The summed E-state index contributed by atoms with van der Waals surface area (Å²) in [5.74, 6) is -1.87. The van der Waals surface area contributed by atoms with Gasteiger partial charge in [-0.05, 0) is 12.1 Å². The van der Waals surface area contributed by atoms with Crippen molar-refractivity contribution in [2.45, 2.75) is 19.1 Å². The highest BCUT2D eigenvalue weighted by Crippen LogP contribution is 2.00. The maximum absolute atomic E-state index is 13.1. The predicted molar refractivity (Wildman–Crippen MR) is 68.3 cm³/mol. The van der Waals surface area contributed by atoms with Crippen molar-refractivity contribution in [3.05, 3.63) is 57.0 Å². The molecule has 8 nitrogen and oxygen atoms in total. The number of carbonyl (C=O) groups is 1. The van der Waals surface area contributed by atoms with E-state index in [9.17, 15) is 18.8 Å². The Bertz CT molecular complexity index is 734. The number of hydrogen-bond acceptors (Lipinski definition) is 5. The Morgan fingerprint density at radius 1 is 1.52 bits per heavy atom. The molecular formula is C12H12FN3O5. The van der Waals surface area contributed by atoms with Crippen LogP contribution in [0.25, 0.3) is 0 Å². The summed E-state index contributed by atoms with van der Waals surface area (Å²) in [6.45, 7) is -0.215. The lowest BCUT2D eigenvalue weighted by Gasteiger charge is -2.14. The lowest BCUT2D eigenvalue weighted by atomic mass is 10.2. The van der Waals surface area contributed by atoms with Crippen molar-refractivity contribution in [1.29, 1.82) is 0 Å². The van der Waals surface area contributed by atoms with Gasteiger partial charge in [-0.15, -0.1) is 0 Å². The van der Waals surface area contributed by atoms with Crippen LogP contribution in [0.2, 0.25) is 0 Å². The molecule has 0 amide bonds. The van der Waals surface area contributed by atoms with E-state index in [1.165, 1.54) is 6.26 Å². The van der Waals surface area contributed by atoms with Crippen molar-refractivity contribution in [3.63, 3.8) is 0 Å². The normalized spacial score (nSPS) is 12.2. The molecule has 2 heterocycles. The molecule has 0 unspecified atom stereocenters. The van der Waals surface area contributed by atoms with Crippen molar-refractivity contribution >= 4 is 5.97 Å². The summed E-state index contributed by atoms with van der Waals surface area (Å²) < 4.78 is 19.0. The van der Waals surface area contributed by atoms with E-state index in [1.54, 1.807) is 17.1 Å². The van der Waals surface area contributed by atoms with Crippen LogP contribution in [0.3, 0.4) is 0 Å². The lowest BCUT2D eigenvalue weighted by molar-refractivity contribution is -0.139. The number of halogens is 1. The molecule has 0 fully saturated rings. The van der Waals surface area contributed by atoms with Crippen molar-refractivity contribution < 1.29 is 18.7 Å². The first kappa shape index (κ1) is 14.7. The van der Waals surface area contributed by atoms with Crippen LogP contribution in [0.15, 0.2) is 38.6 Å². The number of carboxylic acids is 1. The minimum atomic E-state index is -1.22. The third kappa shape index (κ3) is 3.66. The van der Waals surface area contributed by atoms with Gasteiger partial charge in [0.15, 0.2) is 0 Å². The van der Waals surface area contributed by atoms with Gasteiger partial charge in [0.25, 0.3) is 5.56 Å². The average molecular weight is 297 g/mol. The molecule has 0 aliphatic carbocycles. The zero-order valence-electron chi connectivity index (χ0n) is 10.7. The fourth-order valence-electron chi connectivity index (χ4n) is 1.68. The Labute approximate surface area is 116 Å². The van der Waals surface area contributed by atoms with Crippen LogP contribution < -0.4 is 16.6 Å². The molecule has 0 saturated carbocycles. The van der Waals surface area contributed by atoms with Gasteiger partial charge in [-0.25, -0.2) is 4.79 Å². The molecule has 9 heteroatoms. The SMILES string of the molecule is O=C(O)[C@H](Cn1cc(F)c(=O)[nH]c1=O)NCc1ccco1. The van der Waals surface area contributed by atoms with Gasteiger partial charge >= 0.3 is 11.7 Å². The first-order valence-electron chi connectivity index (χ1n) is 5.95. The minimum absolute atomic E-state index is 0.130. The van der Waals surface area contributed by atoms with Crippen molar-refractivity contribution in [1.82, 2.24) is 14.9 Å². The van der Waals surface area contributed by atoms with E-state index in [0.29, 0.717) is 12.0 Å². The zero-order valence-corrected chi connectivity index (χ0v) is 10.7. The summed E-state index contributed by atoms with van der Waals surface area (Å²) in [5.41, 5.74) is -2.03. The van der Waals surface area contributed by atoms with Gasteiger partial charge in [0.2, 0.25) is 5.82 Å². The summed E-state index contributed by atoms with van der Waals surface area (Å²) in [6.07, 6.45) is 2.11. The molecule has 1 atom stereocenters. The molecule has 0 radical (unpaired) electrons. The summed E-state index contributed by atoms with van der Waals surface area (Å²) in [5, 5.41) is 11.8. The van der Waals surface area contributed by atoms with E-state index in [-0.39, 0.29) is 13.1 Å². The van der Waals surface area contributed by atoms with E-state index < -0.39 is 29.1 Å².